The molecule has 3 heterocycles. The number of aliphatic hydroxyl groups is 1. The predicted molar refractivity (Wildman–Crippen MR) is 185 cm³/mol. The fraction of sp³-hybridized carbons (Fsp3) is 0.278. The molecule has 0 spiro atoms. The summed E-state index contributed by atoms with van der Waals surface area (Å²) in [5.41, 5.74) is 5.97. The smallest absolute Gasteiger partial charge is 0.253 e. The van der Waals surface area contributed by atoms with Gasteiger partial charge in [-0.05, 0) is 79.0 Å². The number of anilines is 3. The van der Waals surface area contributed by atoms with Gasteiger partial charge in [0.05, 0.1) is 24.3 Å². The molecule has 0 unspecified atom stereocenters. The molecular formula is C36H39FN8O3. The van der Waals surface area contributed by atoms with Crippen LogP contribution in [0, 0.1) is 11.2 Å². The first-order chi connectivity index (χ1) is 23.5. The van der Waals surface area contributed by atoms with E-state index in [4.69, 9.17) is 10.1 Å². The molecule has 6 rings (SSSR count). The molecule has 0 aliphatic carbocycles. The maximum Gasteiger partial charge on any atom is 0.253 e. The van der Waals surface area contributed by atoms with Gasteiger partial charge in [-0.25, -0.2) is 14.4 Å². The van der Waals surface area contributed by atoms with Crippen LogP contribution in [-0.2, 0) is 17.7 Å². The molecule has 248 valence electrons. The van der Waals surface area contributed by atoms with E-state index in [1.54, 1.807) is 18.3 Å². The highest BCUT2D eigenvalue weighted by Gasteiger charge is 2.17. The van der Waals surface area contributed by atoms with E-state index in [2.05, 4.69) is 30.8 Å². The second kappa shape index (κ2) is 15.6. The average Bonchev–Trinajstić information content (AvgIpc) is 3.54. The Morgan fingerprint density at radius 1 is 1.04 bits per heavy atom. The number of fused-ring (bicyclic) bond motifs is 1. The minimum Gasteiger partial charge on any atom is -0.396 e. The number of amides is 1. The fourth-order valence-electron chi connectivity index (χ4n) is 5.76. The van der Waals surface area contributed by atoms with Crippen LogP contribution < -0.4 is 16.0 Å². The van der Waals surface area contributed by atoms with Crippen molar-refractivity contribution in [2.75, 3.05) is 56.6 Å². The monoisotopic (exact) mass is 650 g/mol. The quantitative estimate of drug-likeness (QED) is 0.0845. The Kier molecular flexibility index (Phi) is 10.7. The summed E-state index contributed by atoms with van der Waals surface area (Å²) in [6, 6.07) is 17.7. The van der Waals surface area contributed by atoms with Crippen molar-refractivity contribution in [2.45, 2.75) is 19.4 Å². The Morgan fingerprint density at radius 2 is 1.88 bits per heavy atom. The highest BCUT2D eigenvalue weighted by atomic mass is 19.1. The number of hydrogen-bond acceptors (Lipinski definition) is 9. The van der Waals surface area contributed by atoms with E-state index >= 15 is 0 Å². The number of rotatable bonds is 14. The summed E-state index contributed by atoms with van der Waals surface area (Å²) in [6.45, 7) is 5.23. The first kappa shape index (κ1) is 32.8. The van der Waals surface area contributed by atoms with Crippen molar-refractivity contribution in [3.63, 3.8) is 0 Å². The van der Waals surface area contributed by atoms with Crippen molar-refractivity contribution < 1.29 is 19.0 Å². The van der Waals surface area contributed by atoms with E-state index in [1.165, 1.54) is 24.7 Å². The van der Waals surface area contributed by atoms with E-state index in [-0.39, 0.29) is 18.3 Å². The lowest BCUT2D eigenvalue weighted by Gasteiger charge is -2.26. The Morgan fingerprint density at radius 3 is 2.67 bits per heavy atom. The van der Waals surface area contributed by atoms with Gasteiger partial charge in [0, 0.05) is 79.4 Å². The van der Waals surface area contributed by atoms with Gasteiger partial charge in [-0.3, -0.25) is 9.69 Å². The lowest BCUT2D eigenvalue weighted by Crippen LogP contribution is -2.38. The Labute approximate surface area is 278 Å². The van der Waals surface area contributed by atoms with Crippen molar-refractivity contribution in [1.29, 1.82) is 5.41 Å². The molecule has 12 heteroatoms. The number of benzene rings is 3. The lowest BCUT2D eigenvalue weighted by molar-refractivity contribution is 0.0374. The largest absolute Gasteiger partial charge is 0.396 e. The molecule has 1 fully saturated rings. The number of ether oxygens (including phenoxy) is 1. The average molecular weight is 651 g/mol. The maximum atomic E-state index is 13.3. The molecule has 5 aromatic rings. The molecule has 0 radical (unpaired) electrons. The summed E-state index contributed by atoms with van der Waals surface area (Å²) in [7, 11) is 0. The Balaban J connectivity index is 1.17. The Hall–Kier alpha value is -5.17. The third-order valence-corrected chi connectivity index (χ3v) is 8.36. The van der Waals surface area contributed by atoms with Crippen LogP contribution in [0.15, 0.2) is 79.4 Å². The fourth-order valence-corrected chi connectivity index (χ4v) is 5.76. The van der Waals surface area contributed by atoms with Crippen LogP contribution in [0.3, 0.4) is 0 Å². The molecule has 0 bridgehead atoms. The van der Waals surface area contributed by atoms with Crippen molar-refractivity contribution in [3.05, 3.63) is 107 Å². The molecule has 1 saturated heterocycles. The summed E-state index contributed by atoms with van der Waals surface area (Å²) >= 11 is 0. The lowest BCUT2D eigenvalue weighted by atomic mass is 10.1. The maximum absolute atomic E-state index is 13.3. The number of carbonyl (C=O) groups excluding carboxylic acids is 1. The topological polar surface area (TPSA) is 140 Å². The third kappa shape index (κ3) is 8.03. The normalized spacial score (nSPS) is 13.4. The molecule has 0 saturated carbocycles. The van der Waals surface area contributed by atoms with Gasteiger partial charge < -0.3 is 35.8 Å². The zero-order valence-electron chi connectivity index (χ0n) is 26.6. The second-order valence-corrected chi connectivity index (χ2v) is 11.6. The standard InChI is InChI=1S/C36H39FN8O3/c37-28-4-2-25(3-5-28)21-40-33-8-6-29(18-27(33)20-38)43-35-31-19-30(7-9-34(31)41-24-42-35)45-22-26(10-15-46)32(23-45)36(47)39-11-1-12-44-13-16-48-17-14-44/h2-9,18-20,22-24,38,40,46H,1,10-17,21H2,(H,39,47)(H,41,42,43). The van der Waals surface area contributed by atoms with Crippen LogP contribution in [0.1, 0.15) is 33.5 Å². The summed E-state index contributed by atoms with van der Waals surface area (Å²) in [5, 5.41) is 28.2. The van der Waals surface area contributed by atoms with Crippen LogP contribution in [0.5, 0.6) is 0 Å². The van der Waals surface area contributed by atoms with Gasteiger partial charge in [-0.2, -0.15) is 0 Å². The van der Waals surface area contributed by atoms with Crippen molar-refractivity contribution in [2.24, 2.45) is 0 Å². The highest BCUT2D eigenvalue weighted by Crippen LogP contribution is 2.28. The minimum absolute atomic E-state index is 0.0702. The van der Waals surface area contributed by atoms with Crippen LogP contribution in [-0.4, -0.2) is 82.7 Å². The number of carbonyl (C=O) groups is 1. The zero-order chi connectivity index (χ0) is 33.3. The van der Waals surface area contributed by atoms with E-state index in [0.29, 0.717) is 36.5 Å². The van der Waals surface area contributed by atoms with Crippen LogP contribution in [0.4, 0.5) is 21.6 Å². The molecule has 1 aliphatic heterocycles. The molecule has 1 amide bonds. The van der Waals surface area contributed by atoms with E-state index < -0.39 is 0 Å². The van der Waals surface area contributed by atoms with E-state index in [1.807, 2.05) is 47.2 Å². The molecule has 1 aliphatic rings. The minimum atomic E-state index is -0.281. The molecule has 5 N–H and O–H groups in total. The first-order valence-corrected chi connectivity index (χ1v) is 16.1. The molecular weight excluding hydrogens is 611 g/mol. The van der Waals surface area contributed by atoms with Gasteiger partial charge in [-0.1, -0.05) is 12.1 Å². The SMILES string of the molecule is N=Cc1cc(Nc2ncnc3ccc(-n4cc(CCO)c(C(=O)NCCCN5CCOCC5)c4)cc23)ccc1NCc1ccc(F)cc1. The zero-order valence-corrected chi connectivity index (χ0v) is 26.6. The van der Waals surface area contributed by atoms with E-state index in [9.17, 15) is 14.3 Å². The number of aromatic nitrogens is 3. The summed E-state index contributed by atoms with van der Waals surface area (Å²) in [4.78, 5) is 24.5. The van der Waals surface area contributed by atoms with Crippen molar-refractivity contribution in [1.82, 2.24) is 24.8 Å². The van der Waals surface area contributed by atoms with Gasteiger partial charge in [0.25, 0.3) is 5.91 Å². The van der Waals surface area contributed by atoms with Crippen LogP contribution in [0.25, 0.3) is 16.6 Å². The third-order valence-electron chi connectivity index (χ3n) is 8.36. The number of aliphatic hydroxyl groups excluding tert-OH is 1. The summed E-state index contributed by atoms with van der Waals surface area (Å²) in [6.07, 6.45) is 7.66. The predicted octanol–water partition coefficient (Wildman–Crippen LogP) is 4.90. The van der Waals surface area contributed by atoms with Crippen molar-refractivity contribution in [3.8, 4) is 5.69 Å². The molecule has 3 aromatic carbocycles. The van der Waals surface area contributed by atoms with Crippen molar-refractivity contribution >= 4 is 40.2 Å². The molecule has 11 nitrogen and oxygen atoms in total. The number of hydrogen-bond donors (Lipinski definition) is 5. The van der Waals surface area contributed by atoms with Crippen LogP contribution >= 0.6 is 0 Å². The van der Waals surface area contributed by atoms with Gasteiger partial charge in [-0.15, -0.1) is 0 Å². The number of halogens is 1. The Bertz CT molecular complexity index is 1870. The molecule has 2 aromatic heterocycles. The number of nitrogens with one attached hydrogen (secondary N) is 4. The van der Waals surface area contributed by atoms with Gasteiger partial charge >= 0.3 is 0 Å². The van der Waals surface area contributed by atoms with Gasteiger partial charge in [0.15, 0.2) is 0 Å². The van der Waals surface area contributed by atoms with Gasteiger partial charge in [0.2, 0.25) is 0 Å². The number of nitrogens with zero attached hydrogens (tertiary/aromatic N) is 4. The van der Waals surface area contributed by atoms with E-state index in [0.717, 1.165) is 78.4 Å². The molecule has 0 atom stereocenters. The van der Waals surface area contributed by atoms with Gasteiger partial charge in [0.1, 0.15) is 18.0 Å². The second-order valence-electron chi connectivity index (χ2n) is 11.6. The first-order valence-electron chi connectivity index (χ1n) is 16.1. The summed E-state index contributed by atoms with van der Waals surface area (Å²) < 4.78 is 20.6. The number of morpholine rings is 1. The van der Waals surface area contributed by atoms with Crippen LogP contribution in [0.2, 0.25) is 0 Å². The summed E-state index contributed by atoms with van der Waals surface area (Å²) in [5.74, 6) is 0.144. The molecule has 48 heavy (non-hydrogen) atoms. The highest BCUT2D eigenvalue weighted by molar-refractivity contribution is 5.96.